The molecule has 0 spiro atoms. The van der Waals surface area contributed by atoms with Gasteiger partial charge in [0.25, 0.3) is 0 Å². The van der Waals surface area contributed by atoms with Crippen molar-refractivity contribution in [1.29, 1.82) is 0 Å². The lowest BCUT2D eigenvalue weighted by Gasteiger charge is -2.28. The van der Waals surface area contributed by atoms with Gasteiger partial charge in [-0.3, -0.25) is 0 Å². The Labute approximate surface area is 143 Å². The molecule has 0 N–H and O–H groups in total. The highest BCUT2D eigenvalue weighted by Crippen LogP contribution is 2.34. The van der Waals surface area contributed by atoms with Gasteiger partial charge in [-0.2, -0.15) is 0 Å². The third kappa shape index (κ3) is 6.97. The van der Waals surface area contributed by atoms with E-state index in [1.165, 1.54) is 69.8 Å². The van der Waals surface area contributed by atoms with Crippen molar-refractivity contribution in [3.05, 3.63) is 29.8 Å². The van der Waals surface area contributed by atoms with Crippen LogP contribution in [0.25, 0.3) is 0 Å². The first kappa shape index (κ1) is 18.4. The predicted octanol–water partition coefficient (Wildman–Crippen LogP) is 6.79. The molecule has 2 rings (SSSR count). The molecule has 1 saturated carbocycles. The van der Waals surface area contributed by atoms with Gasteiger partial charge in [0.15, 0.2) is 0 Å². The summed E-state index contributed by atoms with van der Waals surface area (Å²) in [6.45, 7) is 5.35. The van der Waals surface area contributed by atoms with Crippen LogP contribution in [0.15, 0.2) is 24.3 Å². The van der Waals surface area contributed by atoms with Crippen LogP contribution >= 0.6 is 0 Å². The number of ether oxygens (including phenoxy) is 1. The Morgan fingerprint density at radius 1 is 0.826 bits per heavy atom. The van der Waals surface area contributed by atoms with Crippen LogP contribution in [0, 0.1) is 11.8 Å². The van der Waals surface area contributed by atoms with E-state index in [9.17, 15) is 0 Å². The van der Waals surface area contributed by atoms with Crippen molar-refractivity contribution in [1.82, 2.24) is 0 Å². The van der Waals surface area contributed by atoms with E-state index in [0.29, 0.717) is 0 Å². The molecule has 1 aliphatic carbocycles. The average Bonchev–Trinajstić information content (AvgIpc) is 2.60. The van der Waals surface area contributed by atoms with Crippen LogP contribution in [0.4, 0.5) is 0 Å². The van der Waals surface area contributed by atoms with E-state index >= 15 is 0 Å². The Morgan fingerprint density at radius 3 is 2.04 bits per heavy atom. The molecule has 0 amide bonds. The van der Waals surface area contributed by atoms with E-state index in [2.05, 4.69) is 38.1 Å². The smallest absolute Gasteiger partial charge is 0.119 e. The van der Waals surface area contributed by atoms with Crippen molar-refractivity contribution in [3.63, 3.8) is 0 Å². The van der Waals surface area contributed by atoms with Gasteiger partial charge in [-0.05, 0) is 48.8 Å². The second-order valence-corrected chi connectivity index (χ2v) is 7.41. The van der Waals surface area contributed by atoms with Gasteiger partial charge in [-0.1, -0.05) is 77.3 Å². The van der Waals surface area contributed by atoms with Crippen LogP contribution in [0.2, 0.25) is 0 Å². The topological polar surface area (TPSA) is 9.23 Å². The van der Waals surface area contributed by atoms with Crippen LogP contribution < -0.4 is 4.74 Å². The van der Waals surface area contributed by atoms with Crippen LogP contribution in [0.3, 0.4) is 0 Å². The standard InChI is InChI=1S/C22H36O/c1-3-5-7-19-8-10-20(11-9-19)12-13-21-14-16-22(17-15-21)23-18-6-4-2/h14-17,19-20H,3-13,18H2,1-2H3/t19-,20-. The maximum Gasteiger partial charge on any atom is 0.119 e. The van der Waals surface area contributed by atoms with Crippen molar-refractivity contribution in [2.75, 3.05) is 6.61 Å². The Balaban J connectivity index is 1.64. The van der Waals surface area contributed by atoms with Gasteiger partial charge in [-0.15, -0.1) is 0 Å². The fourth-order valence-corrected chi connectivity index (χ4v) is 3.76. The van der Waals surface area contributed by atoms with E-state index < -0.39 is 0 Å². The molecule has 0 aliphatic heterocycles. The molecule has 1 heteroatoms. The summed E-state index contributed by atoms with van der Waals surface area (Å²) in [7, 11) is 0. The van der Waals surface area contributed by atoms with Crippen molar-refractivity contribution in [3.8, 4) is 5.75 Å². The van der Waals surface area contributed by atoms with Crippen molar-refractivity contribution < 1.29 is 4.74 Å². The van der Waals surface area contributed by atoms with Crippen LogP contribution in [0.1, 0.15) is 83.6 Å². The van der Waals surface area contributed by atoms with E-state index in [0.717, 1.165) is 30.6 Å². The Morgan fingerprint density at radius 2 is 1.43 bits per heavy atom. The fourth-order valence-electron chi connectivity index (χ4n) is 3.76. The van der Waals surface area contributed by atoms with Crippen molar-refractivity contribution in [2.24, 2.45) is 11.8 Å². The summed E-state index contributed by atoms with van der Waals surface area (Å²) in [4.78, 5) is 0. The normalized spacial score (nSPS) is 21.3. The SMILES string of the molecule is CCCCOc1ccc(CC[C@H]2CC[C@H](CCCC)CC2)cc1. The molecule has 0 saturated heterocycles. The summed E-state index contributed by atoms with van der Waals surface area (Å²) in [5.74, 6) is 3.03. The van der Waals surface area contributed by atoms with Gasteiger partial charge in [0.1, 0.15) is 5.75 Å². The third-order valence-electron chi connectivity index (χ3n) is 5.46. The molecule has 1 fully saturated rings. The molecule has 0 atom stereocenters. The van der Waals surface area contributed by atoms with Crippen LogP contribution in [0.5, 0.6) is 5.75 Å². The van der Waals surface area contributed by atoms with Gasteiger partial charge in [-0.25, -0.2) is 0 Å². The second kappa shape index (κ2) is 10.7. The number of hydrogen-bond acceptors (Lipinski definition) is 1. The Hall–Kier alpha value is -0.980. The highest BCUT2D eigenvalue weighted by molar-refractivity contribution is 5.27. The average molecular weight is 317 g/mol. The second-order valence-electron chi connectivity index (χ2n) is 7.41. The zero-order valence-corrected chi connectivity index (χ0v) is 15.4. The first-order valence-corrected chi connectivity index (χ1v) is 10.0. The highest BCUT2D eigenvalue weighted by atomic mass is 16.5. The lowest BCUT2D eigenvalue weighted by molar-refractivity contribution is 0.250. The minimum Gasteiger partial charge on any atom is -0.494 e. The summed E-state index contributed by atoms with van der Waals surface area (Å²) in [5.41, 5.74) is 1.47. The summed E-state index contributed by atoms with van der Waals surface area (Å²) >= 11 is 0. The predicted molar refractivity (Wildman–Crippen MR) is 100 cm³/mol. The molecular weight excluding hydrogens is 280 g/mol. The molecule has 0 unspecified atom stereocenters. The highest BCUT2D eigenvalue weighted by Gasteiger charge is 2.20. The molecule has 0 heterocycles. The molecule has 1 aliphatic rings. The van der Waals surface area contributed by atoms with Gasteiger partial charge in [0.2, 0.25) is 0 Å². The maximum absolute atomic E-state index is 5.74. The van der Waals surface area contributed by atoms with E-state index in [1.54, 1.807) is 0 Å². The van der Waals surface area contributed by atoms with Gasteiger partial charge >= 0.3 is 0 Å². The zero-order valence-electron chi connectivity index (χ0n) is 15.4. The molecule has 1 aromatic carbocycles. The minimum atomic E-state index is 0.844. The van der Waals surface area contributed by atoms with Crippen molar-refractivity contribution in [2.45, 2.75) is 84.5 Å². The molecule has 0 aromatic heterocycles. The lowest BCUT2D eigenvalue weighted by Crippen LogP contribution is -2.15. The molecule has 0 radical (unpaired) electrons. The monoisotopic (exact) mass is 316 g/mol. The maximum atomic E-state index is 5.74. The fraction of sp³-hybridized carbons (Fsp3) is 0.727. The van der Waals surface area contributed by atoms with Crippen LogP contribution in [-0.4, -0.2) is 6.61 Å². The Kier molecular flexibility index (Phi) is 8.57. The number of unbranched alkanes of at least 4 members (excludes halogenated alkanes) is 2. The Bertz CT molecular complexity index is 400. The van der Waals surface area contributed by atoms with Gasteiger partial charge in [0.05, 0.1) is 6.61 Å². The molecule has 1 nitrogen and oxygen atoms in total. The number of aryl methyl sites for hydroxylation is 1. The molecule has 1 aromatic rings. The minimum absolute atomic E-state index is 0.844. The van der Waals surface area contributed by atoms with Crippen molar-refractivity contribution >= 4 is 0 Å². The first-order chi connectivity index (χ1) is 11.3. The summed E-state index contributed by atoms with van der Waals surface area (Å²) in [5, 5.41) is 0. The lowest BCUT2D eigenvalue weighted by atomic mass is 9.78. The molecule has 23 heavy (non-hydrogen) atoms. The zero-order chi connectivity index (χ0) is 16.3. The first-order valence-electron chi connectivity index (χ1n) is 10.0. The number of benzene rings is 1. The van der Waals surface area contributed by atoms with E-state index in [4.69, 9.17) is 4.74 Å². The summed E-state index contributed by atoms with van der Waals surface area (Å²) in [6, 6.07) is 8.81. The third-order valence-corrected chi connectivity index (χ3v) is 5.46. The summed E-state index contributed by atoms with van der Waals surface area (Å²) in [6.07, 6.45) is 15.1. The quantitative estimate of drug-likeness (QED) is 0.431. The summed E-state index contributed by atoms with van der Waals surface area (Å²) < 4.78 is 5.74. The van der Waals surface area contributed by atoms with Gasteiger partial charge < -0.3 is 4.74 Å². The van der Waals surface area contributed by atoms with Gasteiger partial charge in [0, 0.05) is 0 Å². The van der Waals surface area contributed by atoms with E-state index in [1.807, 2.05) is 0 Å². The molecule has 0 bridgehead atoms. The largest absolute Gasteiger partial charge is 0.494 e. The molecular formula is C22H36O. The molecule has 130 valence electrons. The van der Waals surface area contributed by atoms with Crippen LogP contribution in [-0.2, 0) is 6.42 Å². The van der Waals surface area contributed by atoms with E-state index in [-0.39, 0.29) is 0 Å². The number of rotatable bonds is 10. The number of hydrogen-bond donors (Lipinski definition) is 0.